The van der Waals surface area contributed by atoms with E-state index in [9.17, 15) is 0 Å². The quantitative estimate of drug-likeness (QED) is 0.345. The summed E-state index contributed by atoms with van der Waals surface area (Å²) in [5.74, 6) is 0. The summed E-state index contributed by atoms with van der Waals surface area (Å²) in [5.41, 5.74) is 0. The van der Waals surface area contributed by atoms with Crippen LogP contribution in [-0.2, 0) is 12.5 Å². The summed E-state index contributed by atoms with van der Waals surface area (Å²) >= 11 is 2.83. The molecule has 0 aromatic heterocycles. The van der Waals surface area contributed by atoms with Crippen LogP contribution in [-0.4, -0.2) is 40.4 Å². The number of hydrogen-bond donors (Lipinski definition) is 0. The van der Waals surface area contributed by atoms with Gasteiger partial charge in [-0.3, -0.25) is 0 Å². The average molecular weight is 82.0 g/mol. The van der Waals surface area contributed by atoms with Crippen LogP contribution in [0.5, 0.6) is 0 Å². The van der Waals surface area contributed by atoms with Crippen molar-refractivity contribution in [2.75, 3.05) is 0 Å². The van der Waals surface area contributed by atoms with Crippen molar-refractivity contribution in [3.8, 4) is 0 Å². The van der Waals surface area contributed by atoms with Crippen LogP contribution in [0.2, 0.25) is 0 Å². The fraction of sp³-hybridized carbons (Fsp3) is 0. The largest absolute Gasteiger partial charge is 0.197 e. The predicted octanol–water partition coefficient (Wildman–Crippen LogP) is -1.10. The Kier molecular flexibility index (Phi) is 149. The van der Waals surface area contributed by atoms with Crippen LogP contribution in [0.25, 0.3) is 0 Å². The summed E-state index contributed by atoms with van der Waals surface area (Å²) in [6, 6.07) is 0. The van der Waals surface area contributed by atoms with Gasteiger partial charge in [-0.2, -0.15) is 4.21 Å². The van der Waals surface area contributed by atoms with Gasteiger partial charge in [0.05, 0.1) is 0 Å². The Morgan fingerprint density at radius 3 is 1.25 bits per heavy atom. The maximum Gasteiger partial charge on any atom is 0.197 e. The molecule has 0 aliphatic carbocycles. The monoisotopic (exact) mass is 82.0 g/mol. The van der Waals surface area contributed by atoms with Gasteiger partial charge in [0.1, 0.15) is 0 Å². The summed E-state index contributed by atoms with van der Waals surface area (Å²) in [5, 5.41) is 0. The van der Waals surface area contributed by atoms with E-state index in [4.69, 9.17) is 4.21 Å². The van der Waals surface area contributed by atoms with Crippen molar-refractivity contribution >= 4 is 48.8 Å². The Morgan fingerprint density at radius 2 is 1.25 bits per heavy atom. The molecular weight excluding hydrogens is 82.0 g/mol. The molecule has 1 nitrogen and oxygen atoms in total. The first-order chi connectivity index (χ1) is 1.00. The molecule has 4 radical (unpaired) electrons. The third kappa shape index (κ3) is 11.0. The van der Waals surface area contributed by atoms with Gasteiger partial charge in [0, 0.05) is 36.2 Å². The first-order valence-electron chi connectivity index (χ1n) is 0.167. The van der Waals surface area contributed by atoms with Crippen LogP contribution in [0.4, 0.5) is 0 Å². The van der Waals surface area contributed by atoms with Crippen molar-refractivity contribution in [3.63, 3.8) is 0 Å². The topological polar surface area (TPSA) is 17.1 Å². The molecule has 0 spiro atoms. The van der Waals surface area contributed by atoms with Crippen molar-refractivity contribution in [1.82, 2.24) is 0 Å². The van der Waals surface area contributed by atoms with Crippen LogP contribution in [0, 0.1) is 0 Å². The Balaban J connectivity index is -0.00000000500. The van der Waals surface area contributed by atoms with Gasteiger partial charge < -0.3 is 0 Å². The van der Waals surface area contributed by atoms with E-state index in [-0.39, 0.29) is 36.2 Å². The molecule has 0 heterocycles. The molecular formula is AlLiOS. The van der Waals surface area contributed by atoms with E-state index in [1.165, 1.54) is 0 Å². The van der Waals surface area contributed by atoms with Crippen LogP contribution in [0.3, 0.4) is 0 Å². The second-order valence-electron chi connectivity index (χ2n) is 0. The van der Waals surface area contributed by atoms with E-state index in [2.05, 4.69) is 12.5 Å². The molecule has 0 bridgehead atoms. The first kappa shape index (κ1) is 19.2. The molecule has 0 N–H and O–H groups in total. The van der Waals surface area contributed by atoms with Crippen molar-refractivity contribution in [2.45, 2.75) is 0 Å². The van der Waals surface area contributed by atoms with Crippen LogP contribution in [0.1, 0.15) is 0 Å². The fourth-order valence-corrected chi connectivity index (χ4v) is 0. The van der Waals surface area contributed by atoms with E-state index < -0.39 is 0 Å². The third-order valence-corrected chi connectivity index (χ3v) is 0. The van der Waals surface area contributed by atoms with Crippen LogP contribution >= 0.6 is 0 Å². The fourth-order valence-electron chi connectivity index (χ4n) is 0. The molecule has 0 aromatic rings. The van der Waals surface area contributed by atoms with Gasteiger partial charge in [0.2, 0.25) is 0 Å². The smallest absolute Gasteiger partial charge is 0.197 e. The van der Waals surface area contributed by atoms with E-state index in [0.717, 1.165) is 0 Å². The van der Waals surface area contributed by atoms with Gasteiger partial charge in [-0.15, -0.1) is 0 Å². The Bertz CT molecular complexity index is 8.00. The van der Waals surface area contributed by atoms with E-state index in [0.29, 0.717) is 0 Å². The van der Waals surface area contributed by atoms with Gasteiger partial charge >= 0.3 is 0 Å². The minimum atomic E-state index is 0. The zero-order chi connectivity index (χ0) is 2.00. The number of rotatable bonds is 0. The number of hydrogen-bond acceptors (Lipinski definition) is 2. The van der Waals surface area contributed by atoms with Crippen molar-refractivity contribution in [1.29, 1.82) is 0 Å². The van der Waals surface area contributed by atoms with E-state index >= 15 is 0 Å². The van der Waals surface area contributed by atoms with Crippen LogP contribution in [0.15, 0.2) is 0 Å². The molecule has 4 heavy (non-hydrogen) atoms. The molecule has 4 heteroatoms. The molecule has 0 unspecified atom stereocenters. The zero-order valence-corrected chi connectivity index (χ0v) is 4.37. The van der Waals surface area contributed by atoms with Crippen LogP contribution < -0.4 is 0 Å². The normalized spacial score (nSPS) is 1.00. The van der Waals surface area contributed by atoms with Gasteiger partial charge in [-0.05, 0) is 0 Å². The third-order valence-electron chi connectivity index (χ3n) is 0. The maximum atomic E-state index is 7.83. The van der Waals surface area contributed by atoms with Gasteiger partial charge in [0.15, 0.2) is 12.5 Å². The molecule has 0 aliphatic heterocycles. The van der Waals surface area contributed by atoms with Gasteiger partial charge in [-0.25, -0.2) is 0 Å². The summed E-state index contributed by atoms with van der Waals surface area (Å²) in [7, 11) is 0. The summed E-state index contributed by atoms with van der Waals surface area (Å²) in [6.45, 7) is 0. The molecule has 16 valence electrons. The van der Waals surface area contributed by atoms with E-state index in [1.54, 1.807) is 0 Å². The Labute approximate surface area is 53.0 Å². The zero-order valence-electron chi connectivity index (χ0n) is 2.39. The summed E-state index contributed by atoms with van der Waals surface area (Å²) < 4.78 is 7.83. The molecule has 0 saturated heterocycles. The first-order valence-corrected chi connectivity index (χ1v) is 0.500. The summed E-state index contributed by atoms with van der Waals surface area (Å²) in [6.07, 6.45) is 0. The summed E-state index contributed by atoms with van der Waals surface area (Å²) in [4.78, 5) is 0. The molecule has 0 aliphatic rings. The van der Waals surface area contributed by atoms with Gasteiger partial charge in [-0.1, -0.05) is 0 Å². The molecule has 0 fully saturated rings. The minimum Gasteiger partial charge on any atom is -0.197 e. The SMILES string of the molecule is O=S.[Al].[Li]. The van der Waals surface area contributed by atoms with Crippen molar-refractivity contribution < 1.29 is 4.21 Å². The van der Waals surface area contributed by atoms with Crippen molar-refractivity contribution in [3.05, 3.63) is 0 Å². The second kappa shape index (κ2) is 31.1. The minimum absolute atomic E-state index is 0. The van der Waals surface area contributed by atoms with Crippen molar-refractivity contribution in [2.24, 2.45) is 0 Å². The Hall–Kier alpha value is 1.15. The molecule has 0 amide bonds. The maximum absolute atomic E-state index is 7.83. The standard InChI is InChI=1S/Al.Li.OS/c;;1-2. The molecule has 0 aromatic carbocycles. The molecule has 0 rings (SSSR count). The molecule has 0 saturated carbocycles. The second-order valence-corrected chi connectivity index (χ2v) is 0. The molecule has 0 atom stereocenters. The van der Waals surface area contributed by atoms with Gasteiger partial charge in [0.25, 0.3) is 0 Å². The Morgan fingerprint density at radius 1 is 1.25 bits per heavy atom. The predicted molar refractivity (Wildman–Crippen MR) is 19.7 cm³/mol. The average Bonchev–Trinajstić information content (AvgIpc) is 1.00. The van der Waals surface area contributed by atoms with E-state index in [1.807, 2.05) is 0 Å².